The van der Waals surface area contributed by atoms with Crippen molar-refractivity contribution >= 4 is 11.8 Å². The van der Waals surface area contributed by atoms with E-state index in [1.807, 2.05) is 4.90 Å². The molecule has 0 aromatic rings. The third-order valence-electron chi connectivity index (χ3n) is 4.06. The number of hydrogen-bond acceptors (Lipinski definition) is 3. The highest BCUT2D eigenvalue weighted by Gasteiger charge is 2.42. The summed E-state index contributed by atoms with van der Waals surface area (Å²) in [6, 6.07) is 0.378. The Kier molecular flexibility index (Phi) is 2.35. The second-order valence-corrected chi connectivity index (χ2v) is 5.01. The van der Waals surface area contributed by atoms with Gasteiger partial charge < -0.3 is 15.5 Å². The van der Waals surface area contributed by atoms with E-state index < -0.39 is 0 Å². The topological polar surface area (TPSA) is 61.4 Å². The first kappa shape index (κ1) is 10.1. The monoisotopic (exact) mass is 223 g/mol. The molecule has 0 aromatic carbocycles. The molecule has 3 heterocycles. The minimum absolute atomic E-state index is 0.0126. The highest BCUT2D eigenvalue weighted by Crippen LogP contribution is 2.29. The molecule has 1 unspecified atom stereocenters. The van der Waals surface area contributed by atoms with Gasteiger partial charge in [0.05, 0.1) is 5.92 Å². The lowest BCUT2D eigenvalue weighted by Crippen LogP contribution is -2.42. The molecule has 88 valence electrons. The van der Waals surface area contributed by atoms with E-state index >= 15 is 0 Å². The van der Waals surface area contributed by atoms with E-state index in [2.05, 4.69) is 10.6 Å². The van der Waals surface area contributed by atoms with E-state index in [4.69, 9.17) is 0 Å². The predicted octanol–water partition coefficient (Wildman–Crippen LogP) is -1.06. The van der Waals surface area contributed by atoms with Crippen LogP contribution in [0.1, 0.15) is 12.8 Å². The summed E-state index contributed by atoms with van der Waals surface area (Å²) in [6.45, 7) is 3.36. The third kappa shape index (κ3) is 1.50. The van der Waals surface area contributed by atoms with Gasteiger partial charge in [-0.25, -0.2) is 0 Å². The van der Waals surface area contributed by atoms with Gasteiger partial charge >= 0.3 is 0 Å². The van der Waals surface area contributed by atoms with Crippen LogP contribution in [0, 0.1) is 11.8 Å². The minimum atomic E-state index is -0.119. The van der Waals surface area contributed by atoms with Crippen LogP contribution in [0.4, 0.5) is 0 Å². The number of rotatable bonds is 1. The summed E-state index contributed by atoms with van der Waals surface area (Å²) < 4.78 is 0. The Balaban J connectivity index is 1.68. The quantitative estimate of drug-likeness (QED) is 0.596. The third-order valence-corrected chi connectivity index (χ3v) is 4.06. The second kappa shape index (κ2) is 3.73. The van der Waals surface area contributed by atoms with Crippen molar-refractivity contribution in [3.63, 3.8) is 0 Å². The zero-order valence-electron chi connectivity index (χ0n) is 9.24. The number of likely N-dealkylation sites (tertiary alicyclic amines) is 1. The zero-order valence-corrected chi connectivity index (χ0v) is 9.24. The van der Waals surface area contributed by atoms with Gasteiger partial charge in [-0.1, -0.05) is 0 Å². The average molecular weight is 223 g/mol. The van der Waals surface area contributed by atoms with Gasteiger partial charge in [0.15, 0.2) is 0 Å². The van der Waals surface area contributed by atoms with Crippen molar-refractivity contribution in [2.75, 3.05) is 26.2 Å². The summed E-state index contributed by atoms with van der Waals surface area (Å²) in [6.07, 6.45) is 1.48. The minimum Gasteiger partial charge on any atom is -0.355 e. The molecule has 3 atom stereocenters. The number of nitrogens with zero attached hydrogens (tertiary/aromatic N) is 1. The standard InChI is InChI=1S/C11H17N3O2/c15-10-3-8(5-13-10)11(16)14-2-1-7-4-12-6-9(7)14/h7-9,12H,1-6H2,(H,13,15)/t7-,8?,9+/m0/s1. The molecule has 2 amide bonds. The Morgan fingerprint density at radius 2 is 2.19 bits per heavy atom. The van der Waals surface area contributed by atoms with Gasteiger partial charge in [-0.3, -0.25) is 9.59 Å². The van der Waals surface area contributed by atoms with Crippen LogP contribution in [0.25, 0.3) is 0 Å². The molecule has 3 fully saturated rings. The molecule has 0 aromatic heterocycles. The molecule has 3 rings (SSSR count). The summed E-state index contributed by atoms with van der Waals surface area (Å²) in [5.74, 6) is 0.703. The van der Waals surface area contributed by atoms with E-state index in [9.17, 15) is 9.59 Å². The number of amides is 2. The molecule has 0 saturated carbocycles. The molecule has 5 heteroatoms. The molecular weight excluding hydrogens is 206 g/mol. The van der Waals surface area contributed by atoms with Gasteiger partial charge in [0.2, 0.25) is 11.8 Å². The summed E-state index contributed by atoms with van der Waals surface area (Å²) in [7, 11) is 0. The van der Waals surface area contributed by atoms with Crippen molar-refractivity contribution in [3.8, 4) is 0 Å². The number of hydrogen-bond donors (Lipinski definition) is 2. The number of carbonyl (C=O) groups excluding carboxylic acids is 2. The summed E-state index contributed by atoms with van der Waals surface area (Å²) >= 11 is 0. The molecular formula is C11H17N3O2. The van der Waals surface area contributed by atoms with Gasteiger partial charge in [0.1, 0.15) is 0 Å². The van der Waals surface area contributed by atoms with Crippen LogP contribution in [-0.2, 0) is 9.59 Å². The van der Waals surface area contributed by atoms with Gasteiger partial charge in [-0.15, -0.1) is 0 Å². The first-order valence-electron chi connectivity index (χ1n) is 6.03. The van der Waals surface area contributed by atoms with E-state index in [1.54, 1.807) is 0 Å². The van der Waals surface area contributed by atoms with Crippen LogP contribution in [-0.4, -0.2) is 48.9 Å². The SMILES string of the molecule is O=C1CC(C(=O)N2CC[C@H]3CNC[C@H]32)CN1. The predicted molar refractivity (Wildman–Crippen MR) is 57.6 cm³/mol. The molecule has 5 nitrogen and oxygen atoms in total. The Hall–Kier alpha value is -1.10. The Bertz CT molecular complexity index is 331. The summed E-state index contributed by atoms with van der Waals surface area (Å²) in [5.41, 5.74) is 0. The molecule has 16 heavy (non-hydrogen) atoms. The molecule has 0 spiro atoms. The Labute approximate surface area is 94.6 Å². The van der Waals surface area contributed by atoms with Crippen LogP contribution in [0.5, 0.6) is 0 Å². The first-order valence-corrected chi connectivity index (χ1v) is 6.03. The van der Waals surface area contributed by atoms with Gasteiger partial charge in [0, 0.05) is 38.6 Å². The van der Waals surface area contributed by atoms with E-state index in [0.717, 1.165) is 26.1 Å². The molecule has 3 aliphatic heterocycles. The number of carbonyl (C=O) groups is 2. The summed E-state index contributed by atoms with van der Waals surface area (Å²) in [5, 5.41) is 6.06. The van der Waals surface area contributed by atoms with Gasteiger partial charge in [0.25, 0.3) is 0 Å². The molecule has 0 aliphatic carbocycles. The molecule has 3 aliphatic rings. The van der Waals surface area contributed by atoms with Crippen LogP contribution in [0.15, 0.2) is 0 Å². The maximum Gasteiger partial charge on any atom is 0.228 e. The first-order chi connectivity index (χ1) is 7.75. The fourth-order valence-electron chi connectivity index (χ4n) is 3.14. The molecule has 3 saturated heterocycles. The highest BCUT2D eigenvalue weighted by molar-refractivity contribution is 5.89. The maximum atomic E-state index is 12.2. The van der Waals surface area contributed by atoms with Crippen molar-refractivity contribution in [1.82, 2.24) is 15.5 Å². The van der Waals surface area contributed by atoms with Crippen LogP contribution in [0.3, 0.4) is 0 Å². The van der Waals surface area contributed by atoms with Crippen LogP contribution < -0.4 is 10.6 Å². The van der Waals surface area contributed by atoms with E-state index in [1.165, 1.54) is 0 Å². The zero-order chi connectivity index (χ0) is 11.1. The van der Waals surface area contributed by atoms with Crippen molar-refractivity contribution < 1.29 is 9.59 Å². The van der Waals surface area contributed by atoms with Crippen molar-refractivity contribution in [3.05, 3.63) is 0 Å². The van der Waals surface area contributed by atoms with Crippen molar-refractivity contribution in [2.24, 2.45) is 11.8 Å². The van der Waals surface area contributed by atoms with Gasteiger partial charge in [-0.2, -0.15) is 0 Å². The normalized spacial score (nSPS) is 37.6. The highest BCUT2D eigenvalue weighted by atomic mass is 16.2. The molecule has 0 radical (unpaired) electrons. The van der Waals surface area contributed by atoms with E-state index in [-0.39, 0.29) is 17.7 Å². The van der Waals surface area contributed by atoms with Crippen molar-refractivity contribution in [1.29, 1.82) is 0 Å². The lowest BCUT2D eigenvalue weighted by Gasteiger charge is -2.25. The lowest BCUT2D eigenvalue weighted by molar-refractivity contribution is -0.136. The Morgan fingerprint density at radius 1 is 1.31 bits per heavy atom. The maximum absolute atomic E-state index is 12.2. The van der Waals surface area contributed by atoms with Crippen LogP contribution in [0.2, 0.25) is 0 Å². The number of fused-ring (bicyclic) bond motifs is 1. The van der Waals surface area contributed by atoms with Crippen LogP contribution >= 0.6 is 0 Å². The average Bonchev–Trinajstić information content (AvgIpc) is 2.90. The smallest absolute Gasteiger partial charge is 0.228 e. The fourth-order valence-corrected chi connectivity index (χ4v) is 3.14. The van der Waals surface area contributed by atoms with Crippen molar-refractivity contribution in [2.45, 2.75) is 18.9 Å². The van der Waals surface area contributed by atoms with E-state index in [0.29, 0.717) is 24.9 Å². The summed E-state index contributed by atoms with van der Waals surface area (Å²) in [4.78, 5) is 25.3. The number of nitrogens with one attached hydrogen (secondary N) is 2. The fraction of sp³-hybridized carbons (Fsp3) is 0.818. The second-order valence-electron chi connectivity index (χ2n) is 5.01. The molecule has 2 N–H and O–H groups in total. The largest absolute Gasteiger partial charge is 0.355 e. The lowest BCUT2D eigenvalue weighted by atomic mass is 10.0. The Morgan fingerprint density at radius 3 is 2.94 bits per heavy atom. The molecule has 0 bridgehead atoms. The van der Waals surface area contributed by atoms with Gasteiger partial charge in [-0.05, 0) is 12.3 Å².